The molecule has 2 aliphatic rings. The number of amides is 1. The van der Waals surface area contributed by atoms with Gasteiger partial charge in [-0.3, -0.25) is 14.7 Å². The molecule has 132 valence electrons. The minimum absolute atomic E-state index is 0.0647. The standard InChI is InChI=1S/C17H33N5O/c1-14-7-12-22(13-8-14)17(18)19-9-5-11-21-10-4-6-15(21)16(23)20(2)3/h14-15H,4-13H2,1-3H3,(H2,18,19). The Kier molecular flexibility index (Phi) is 6.69. The topological polar surface area (TPSA) is 65.2 Å². The molecule has 23 heavy (non-hydrogen) atoms. The third-order valence-corrected chi connectivity index (χ3v) is 5.07. The predicted octanol–water partition coefficient (Wildman–Crippen LogP) is 0.976. The van der Waals surface area contributed by atoms with E-state index in [1.165, 1.54) is 12.8 Å². The van der Waals surface area contributed by atoms with Crippen LogP contribution in [0.1, 0.15) is 39.0 Å². The van der Waals surface area contributed by atoms with Gasteiger partial charge in [0.2, 0.25) is 5.91 Å². The summed E-state index contributed by atoms with van der Waals surface area (Å²) in [5.74, 6) is 1.73. The number of hydrogen-bond acceptors (Lipinski definition) is 3. The summed E-state index contributed by atoms with van der Waals surface area (Å²) < 4.78 is 0. The van der Waals surface area contributed by atoms with E-state index in [1.807, 2.05) is 14.1 Å². The summed E-state index contributed by atoms with van der Waals surface area (Å²) in [6, 6.07) is 0.0647. The second-order valence-corrected chi connectivity index (χ2v) is 7.19. The van der Waals surface area contributed by atoms with Gasteiger partial charge in [0.1, 0.15) is 0 Å². The van der Waals surface area contributed by atoms with E-state index in [9.17, 15) is 4.79 Å². The van der Waals surface area contributed by atoms with Gasteiger partial charge in [-0.1, -0.05) is 6.92 Å². The van der Waals surface area contributed by atoms with E-state index in [4.69, 9.17) is 5.73 Å². The average molecular weight is 323 g/mol. The van der Waals surface area contributed by atoms with Crippen molar-refractivity contribution in [3.05, 3.63) is 0 Å². The number of carbonyl (C=O) groups excluding carboxylic acids is 1. The summed E-state index contributed by atoms with van der Waals surface area (Å²) in [6.07, 6.45) is 5.47. The molecule has 0 aromatic carbocycles. The molecular weight excluding hydrogens is 290 g/mol. The van der Waals surface area contributed by atoms with Crippen molar-refractivity contribution in [1.29, 1.82) is 0 Å². The van der Waals surface area contributed by atoms with Gasteiger partial charge in [-0.05, 0) is 44.6 Å². The summed E-state index contributed by atoms with van der Waals surface area (Å²) in [6.45, 7) is 7.05. The summed E-state index contributed by atoms with van der Waals surface area (Å²) in [7, 11) is 3.67. The van der Waals surface area contributed by atoms with Gasteiger partial charge in [-0.15, -0.1) is 0 Å². The van der Waals surface area contributed by atoms with E-state index >= 15 is 0 Å². The van der Waals surface area contributed by atoms with Gasteiger partial charge in [0.05, 0.1) is 6.04 Å². The van der Waals surface area contributed by atoms with Crippen LogP contribution in [0.25, 0.3) is 0 Å². The van der Waals surface area contributed by atoms with Crippen molar-refractivity contribution >= 4 is 11.9 Å². The molecule has 0 saturated carbocycles. The van der Waals surface area contributed by atoms with Gasteiger partial charge in [0.15, 0.2) is 5.96 Å². The van der Waals surface area contributed by atoms with Crippen LogP contribution in [0.5, 0.6) is 0 Å². The van der Waals surface area contributed by atoms with Crippen molar-refractivity contribution in [2.75, 3.05) is 46.8 Å². The molecule has 0 radical (unpaired) electrons. The number of nitrogens with two attached hydrogens (primary N) is 1. The first-order valence-corrected chi connectivity index (χ1v) is 8.99. The minimum atomic E-state index is 0.0647. The first kappa shape index (κ1) is 18.0. The summed E-state index contributed by atoms with van der Waals surface area (Å²) in [5, 5.41) is 0. The van der Waals surface area contributed by atoms with Gasteiger partial charge in [0, 0.05) is 40.3 Å². The Bertz CT molecular complexity index is 415. The number of piperidine rings is 1. The molecule has 0 aromatic rings. The first-order chi connectivity index (χ1) is 11.0. The molecule has 0 bridgehead atoms. The lowest BCUT2D eigenvalue weighted by Gasteiger charge is -2.31. The molecule has 6 nitrogen and oxygen atoms in total. The van der Waals surface area contributed by atoms with E-state index in [1.54, 1.807) is 4.90 Å². The fourth-order valence-corrected chi connectivity index (χ4v) is 3.48. The number of likely N-dealkylation sites (tertiary alicyclic amines) is 2. The fourth-order valence-electron chi connectivity index (χ4n) is 3.48. The summed E-state index contributed by atoms with van der Waals surface area (Å²) >= 11 is 0. The van der Waals surface area contributed by atoms with E-state index in [0.29, 0.717) is 5.96 Å². The van der Waals surface area contributed by atoms with E-state index in [0.717, 1.165) is 57.9 Å². The Hall–Kier alpha value is -1.30. The first-order valence-electron chi connectivity index (χ1n) is 8.99. The normalized spacial score (nSPS) is 24.2. The molecule has 2 saturated heterocycles. The van der Waals surface area contributed by atoms with Crippen LogP contribution in [-0.2, 0) is 4.79 Å². The summed E-state index contributed by atoms with van der Waals surface area (Å²) in [5.41, 5.74) is 6.10. The predicted molar refractivity (Wildman–Crippen MR) is 94.4 cm³/mol. The zero-order valence-electron chi connectivity index (χ0n) is 15.0. The van der Waals surface area contributed by atoms with Gasteiger partial charge in [-0.25, -0.2) is 0 Å². The Morgan fingerprint density at radius 2 is 1.91 bits per heavy atom. The van der Waals surface area contributed by atoms with Crippen molar-refractivity contribution in [3.63, 3.8) is 0 Å². The highest BCUT2D eigenvalue weighted by atomic mass is 16.2. The Morgan fingerprint density at radius 3 is 2.57 bits per heavy atom. The lowest BCUT2D eigenvalue weighted by molar-refractivity contribution is -0.133. The lowest BCUT2D eigenvalue weighted by atomic mass is 10.00. The molecular formula is C17H33N5O. The van der Waals surface area contributed by atoms with Gasteiger partial charge >= 0.3 is 0 Å². The van der Waals surface area contributed by atoms with Crippen molar-refractivity contribution < 1.29 is 4.79 Å². The third kappa shape index (κ3) is 5.09. The molecule has 2 rings (SSSR count). The quantitative estimate of drug-likeness (QED) is 0.465. The number of guanidine groups is 1. The van der Waals surface area contributed by atoms with Crippen LogP contribution in [0.15, 0.2) is 4.99 Å². The monoisotopic (exact) mass is 323 g/mol. The largest absolute Gasteiger partial charge is 0.370 e. The molecule has 1 atom stereocenters. The van der Waals surface area contributed by atoms with Gasteiger partial charge in [0.25, 0.3) is 0 Å². The summed E-state index contributed by atoms with van der Waals surface area (Å²) in [4.78, 5) is 22.9. The van der Waals surface area contributed by atoms with Crippen LogP contribution in [-0.4, -0.2) is 79.4 Å². The third-order valence-electron chi connectivity index (χ3n) is 5.07. The van der Waals surface area contributed by atoms with Crippen molar-refractivity contribution in [3.8, 4) is 0 Å². The SMILES string of the molecule is CC1CCN(C(N)=NCCCN2CCCC2C(=O)N(C)C)CC1. The highest BCUT2D eigenvalue weighted by Crippen LogP contribution is 2.19. The Morgan fingerprint density at radius 1 is 1.22 bits per heavy atom. The van der Waals surface area contributed by atoms with Crippen LogP contribution in [0, 0.1) is 5.92 Å². The second kappa shape index (κ2) is 8.52. The molecule has 2 aliphatic heterocycles. The molecule has 2 heterocycles. The molecule has 1 unspecified atom stereocenters. The average Bonchev–Trinajstić information content (AvgIpc) is 2.99. The van der Waals surface area contributed by atoms with Crippen LogP contribution in [0.2, 0.25) is 0 Å². The van der Waals surface area contributed by atoms with Crippen LogP contribution in [0.4, 0.5) is 0 Å². The Labute approximate surface area is 140 Å². The molecule has 6 heteroatoms. The number of likely N-dealkylation sites (N-methyl/N-ethyl adjacent to an activating group) is 1. The van der Waals surface area contributed by atoms with E-state index in [-0.39, 0.29) is 11.9 Å². The van der Waals surface area contributed by atoms with Crippen molar-refractivity contribution in [1.82, 2.24) is 14.7 Å². The highest BCUT2D eigenvalue weighted by molar-refractivity contribution is 5.81. The van der Waals surface area contributed by atoms with Gasteiger partial charge < -0.3 is 15.5 Å². The molecule has 2 N–H and O–H groups in total. The second-order valence-electron chi connectivity index (χ2n) is 7.19. The molecule has 0 spiro atoms. The molecule has 1 amide bonds. The van der Waals surface area contributed by atoms with Gasteiger partial charge in [-0.2, -0.15) is 0 Å². The van der Waals surface area contributed by atoms with E-state index in [2.05, 4.69) is 21.7 Å². The smallest absolute Gasteiger partial charge is 0.239 e. The Balaban J connectivity index is 1.72. The minimum Gasteiger partial charge on any atom is -0.370 e. The molecule has 0 aromatic heterocycles. The number of hydrogen-bond donors (Lipinski definition) is 1. The maximum absolute atomic E-state index is 12.2. The van der Waals surface area contributed by atoms with Crippen LogP contribution in [0.3, 0.4) is 0 Å². The maximum Gasteiger partial charge on any atom is 0.239 e. The van der Waals surface area contributed by atoms with Crippen LogP contribution >= 0.6 is 0 Å². The zero-order chi connectivity index (χ0) is 16.8. The zero-order valence-corrected chi connectivity index (χ0v) is 15.0. The maximum atomic E-state index is 12.2. The molecule has 0 aliphatic carbocycles. The number of nitrogens with zero attached hydrogens (tertiary/aromatic N) is 4. The highest BCUT2D eigenvalue weighted by Gasteiger charge is 2.30. The lowest BCUT2D eigenvalue weighted by Crippen LogP contribution is -2.43. The molecule has 2 fully saturated rings. The number of aliphatic imine (C=N–C) groups is 1. The number of rotatable bonds is 5. The number of carbonyl (C=O) groups is 1. The van der Waals surface area contributed by atoms with E-state index < -0.39 is 0 Å². The fraction of sp³-hybridized carbons (Fsp3) is 0.882. The van der Waals surface area contributed by atoms with Crippen molar-refractivity contribution in [2.24, 2.45) is 16.6 Å². The van der Waals surface area contributed by atoms with Crippen LogP contribution < -0.4 is 5.73 Å². The van der Waals surface area contributed by atoms with Crippen molar-refractivity contribution in [2.45, 2.75) is 45.1 Å².